The summed E-state index contributed by atoms with van der Waals surface area (Å²) in [6, 6.07) is 5.47. The van der Waals surface area contributed by atoms with Gasteiger partial charge in [0.25, 0.3) is 5.91 Å². The molecule has 1 heterocycles. The van der Waals surface area contributed by atoms with Crippen molar-refractivity contribution >= 4 is 11.9 Å². The van der Waals surface area contributed by atoms with E-state index < -0.39 is 0 Å². The molecule has 1 aromatic carbocycles. The number of amides is 1. The van der Waals surface area contributed by atoms with Gasteiger partial charge in [0.1, 0.15) is 0 Å². The van der Waals surface area contributed by atoms with Gasteiger partial charge in [0.15, 0.2) is 11.5 Å². The average molecular weight is 451 g/mol. The maximum Gasteiger partial charge on any atom is 0.307 e. The van der Waals surface area contributed by atoms with Crippen molar-refractivity contribution in [2.75, 3.05) is 40.6 Å². The third-order valence-electron chi connectivity index (χ3n) is 5.55. The summed E-state index contributed by atoms with van der Waals surface area (Å²) in [6.45, 7) is 7.97. The van der Waals surface area contributed by atoms with Crippen molar-refractivity contribution in [2.45, 2.75) is 64.6 Å². The topological polar surface area (TPSA) is 86.3 Å². The number of carbonyl (C=O) groups excluding carboxylic acids is 2. The Morgan fingerprint density at radius 3 is 2.53 bits per heavy atom. The maximum atomic E-state index is 13.5. The third kappa shape index (κ3) is 7.38. The Bertz CT molecular complexity index is 731. The molecule has 2 atom stereocenters. The van der Waals surface area contributed by atoms with Crippen LogP contribution in [0.3, 0.4) is 0 Å². The molecule has 0 unspecified atom stereocenters. The normalized spacial score (nSPS) is 18.3. The summed E-state index contributed by atoms with van der Waals surface area (Å²) in [5.41, 5.74) is 0.565. The fourth-order valence-electron chi connectivity index (χ4n) is 4.01. The highest BCUT2D eigenvalue weighted by molar-refractivity contribution is 5.95. The SMILES string of the molecule is CCOC(=O)C[C@H]1CC[C@@H](N(C(=O)c2ccc(OC)c(OCCCOC)c2)C(C)C)CN1. The predicted molar refractivity (Wildman–Crippen MR) is 122 cm³/mol. The molecule has 1 fully saturated rings. The quantitative estimate of drug-likeness (QED) is 0.387. The minimum Gasteiger partial charge on any atom is -0.493 e. The van der Waals surface area contributed by atoms with E-state index in [1.165, 1.54) is 0 Å². The van der Waals surface area contributed by atoms with Gasteiger partial charge in [-0.2, -0.15) is 0 Å². The standard InChI is InChI=1S/C24H38N2O6/c1-6-31-23(27)15-19-9-10-20(16-25-19)26(17(2)3)24(28)18-8-11-21(30-5)22(14-18)32-13-7-12-29-4/h8,11,14,17,19-20,25H,6-7,9-10,12-13,15-16H2,1-5H3/t19-,20-/m1/s1. The Kier molecular flexibility index (Phi) is 10.8. The molecule has 1 aromatic rings. The van der Waals surface area contributed by atoms with Crippen LogP contribution in [0.15, 0.2) is 18.2 Å². The molecule has 8 heteroatoms. The fourth-order valence-corrected chi connectivity index (χ4v) is 4.01. The highest BCUT2D eigenvalue weighted by Gasteiger charge is 2.32. The van der Waals surface area contributed by atoms with Crippen LogP contribution < -0.4 is 14.8 Å². The number of hydrogen-bond donors (Lipinski definition) is 1. The first-order chi connectivity index (χ1) is 15.4. The van der Waals surface area contributed by atoms with Crippen LogP contribution in [-0.4, -0.2) is 75.5 Å². The summed E-state index contributed by atoms with van der Waals surface area (Å²) in [7, 11) is 3.24. The summed E-state index contributed by atoms with van der Waals surface area (Å²) in [5, 5.41) is 3.42. The molecule has 0 aromatic heterocycles. The molecule has 0 aliphatic carbocycles. The minimum absolute atomic E-state index is 0.0316. The zero-order chi connectivity index (χ0) is 23.5. The third-order valence-corrected chi connectivity index (χ3v) is 5.55. The van der Waals surface area contributed by atoms with Crippen molar-refractivity contribution in [3.05, 3.63) is 23.8 Å². The van der Waals surface area contributed by atoms with Crippen molar-refractivity contribution in [3.63, 3.8) is 0 Å². The Morgan fingerprint density at radius 1 is 1.16 bits per heavy atom. The number of esters is 1. The van der Waals surface area contributed by atoms with Gasteiger partial charge in [0, 0.05) is 50.4 Å². The predicted octanol–water partition coefficient (Wildman–Crippen LogP) is 3.03. The van der Waals surface area contributed by atoms with Gasteiger partial charge in [-0.25, -0.2) is 0 Å². The molecular weight excluding hydrogens is 412 g/mol. The lowest BCUT2D eigenvalue weighted by Crippen LogP contribution is -2.54. The second-order valence-electron chi connectivity index (χ2n) is 8.21. The Hall–Kier alpha value is -2.32. The summed E-state index contributed by atoms with van der Waals surface area (Å²) < 4.78 is 21.4. The van der Waals surface area contributed by atoms with Gasteiger partial charge in [-0.1, -0.05) is 0 Å². The molecule has 0 radical (unpaired) electrons. The first-order valence-electron chi connectivity index (χ1n) is 11.4. The van der Waals surface area contributed by atoms with E-state index in [-0.39, 0.29) is 30.0 Å². The number of carbonyl (C=O) groups is 2. The molecule has 0 spiro atoms. The van der Waals surface area contributed by atoms with Crippen LogP contribution in [0.25, 0.3) is 0 Å². The zero-order valence-electron chi connectivity index (χ0n) is 20.0. The molecule has 2 rings (SSSR count). The largest absolute Gasteiger partial charge is 0.493 e. The van der Waals surface area contributed by atoms with Crippen molar-refractivity contribution in [1.82, 2.24) is 10.2 Å². The number of nitrogens with zero attached hydrogens (tertiary/aromatic N) is 1. The Balaban J connectivity index is 2.07. The average Bonchev–Trinajstić information content (AvgIpc) is 2.77. The summed E-state index contributed by atoms with van der Waals surface area (Å²) in [6.07, 6.45) is 2.75. The number of ether oxygens (including phenoxy) is 4. The van der Waals surface area contributed by atoms with E-state index in [1.54, 1.807) is 32.4 Å². The monoisotopic (exact) mass is 450 g/mol. The molecule has 180 valence electrons. The van der Waals surface area contributed by atoms with Crippen LogP contribution in [0.5, 0.6) is 11.5 Å². The van der Waals surface area contributed by atoms with Gasteiger partial charge in [0.05, 0.1) is 26.7 Å². The molecule has 0 bridgehead atoms. The first-order valence-corrected chi connectivity index (χ1v) is 11.4. The molecule has 32 heavy (non-hydrogen) atoms. The van der Waals surface area contributed by atoms with Gasteiger partial charge in [0.2, 0.25) is 0 Å². The molecule has 8 nitrogen and oxygen atoms in total. The fraction of sp³-hybridized carbons (Fsp3) is 0.667. The van der Waals surface area contributed by atoms with Gasteiger partial charge in [-0.15, -0.1) is 0 Å². The van der Waals surface area contributed by atoms with Gasteiger partial charge >= 0.3 is 5.97 Å². The molecule has 1 aliphatic rings. The second kappa shape index (κ2) is 13.3. The van der Waals surface area contributed by atoms with Crippen molar-refractivity contribution < 1.29 is 28.5 Å². The molecule has 1 aliphatic heterocycles. The van der Waals surface area contributed by atoms with Gasteiger partial charge in [-0.05, 0) is 51.8 Å². The number of hydrogen-bond acceptors (Lipinski definition) is 7. The van der Waals surface area contributed by atoms with E-state index in [0.717, 1.165) is 19.3 Å². The summed E-state index contributed by atoms with van der Waals surface area (Å²) in [5.74, 6) is 0.919. The molecular formula is C24H38N2O6. The van der Waals surface area contributed by atoms with E-state index in [4.69, 9.17) is 18.9 Å². The van der Waals surface area contributed by atoms with Crippen LogP contribution in [0.1, 0.15) is 56.8 Å². The maximum absolute atomic E-state index is 13.5. The van der Waals surface area contributed by atoms with Gasteiger partial charge in [-0.3, -0.25) is 9.59 Å². The Morgan fingerprint density at radius 2 is 1.94 bits per heavy atom. The lowest BCUT2D eigenvalue weighted by atomic mass is 9.96. The Labute approximate surface area is 191 Å². The van der Waals surface area contributed by atoms with Crippen molar-refractivity contribution in [1.29, 1.82) is 0 Å². The number of rotatable bonds is 12. The number of methoxy groups -OCH3 is 2. The van der Waals surface area contributed by atoms with E-state index >= 15 is 0 Å². The smallest absolute Gasteiger partial charge is 0.307 e. The molecule has 1 saturated heterocycles. The molecule has 1 N–H and O–H groups in total. The lowest BCUT2D eigenvalue weighted by Gasteiger charge is -2.40. The van der Waals surface area contributed by atoms with E-state index in [2.05, 4.69) is 5.32 Å². The van der Waals surface area contributed by atoms with Crippen LogP contribution in [0.4, 0.5) is 0 Å². The van der Waals surface area contributed by atoms with Crippen LogP contribution >= 0.6 is 0 Å². The summed E-state index contributed by atoms with van der Waals surface area (Å²) in [4.78, 5) is 27.2. The van der Waals surface area contributed by atoms with Crippen LogP contribution in [0.2, 0.25) is 0 Å². The number of benzene rings is 1. The summed E-state index contributed by atoms with van der Waals surface area (Å²) >= 11 is 0. The lowest BCUT2D eigenvalue weighted by molar-refractivity contribution is -0.143. The highest BCUT2D eigenvalue weighted by Crippen LogP contribution is 2.30. The van der Waals surface area contributed by atoms with Crippen LogP contribution in [0, 0.1) is 0 Å². The minimum atomic E-state index is -0.184. The number of nitrogens with one attached hydrogen (secondary N) is 1. The van der Waals surface area contributed by atoms with Crippen molar-refractivity contribution in [2.24, 2.45) is 0 Å². The molecule has 1 amide bonds. The van der Waals surface area contributed by atoms with E-state index in [1.807, 2.05) is 25.7 Å². The van der Waals surface area contributed by atoms with Crippen molar-refractivity contribution in [3.8, 4) is 11.5 Å². The highest BCUT2D eigenvalue weighted by atomic mass is 16.5. The molecule has 0 saturated carbocycles. The van der Waals surface area contributed by atoms with E-state index in [0.29, 0.717) is 49.8 Å². The zero-order valence-corrected chi connectivity index (χ0v) is 20.0. The van der Waals surface area contributed by atoms with Gasteiger partial charge < -0.3 is 29.2 Å². The van der Waals surface area contributed by atoms with Crippen LogP contribution in [-0.2, 0) is 14.3 Å². The van der Waals surface area contributed by atoms with E-state index in [9.17, 15) is 9.59 Å². The first kappa shape index (κ1) is 25.9. The second-order valence-corrected chi connectivity index (χ2v) is 8.21. The number of piperidine rings is 1.